The average Bonchev–Trinajstić information content (AvgIpc) is 2.37. The molecule has 0 aliphatic carbocycles. The van der Waals surface area contributed by atoms with Gasteiger partial charge in [-0.05, 0) is 27.0 Å². The van der Waals surface area contributed by atoms with Gasteiger partial charge in [0.05, 0.1) is 11.0 Å². The molecule has 0 aliphatic heterocycles. The highest BCUT2D eigenvalue weighted by atomic mass is 35.5. The Bertz CT molecular complexity index is 551. The number of nitrogens with one attached hydrogen (secondary N) is 1. The van der Waals surface area contributed by atoms with Crippen LogP contribution in [0.3, 0.4) is 0 Å². The maximum absolute atomic E-state index is 11.2. The van der Waals surface area contributed by atoms with E-state index in [2.05, 4.69) is 5.32 Å². The third-order valence-corrected chi connectivity index (χ3v) is 3.48. The summed E-state index contributed by atoms with van der Waals surface area (Å²) in [5, 5.41) is 22.5. The number of halogens is 1. The monoisotopic (exact) mass is 316 g/mol. The Hall–Kier alpha value is -1.86. The summed E-state index contributed by atoms with van der Waals surface area (Å²) in [6, 6.07) is 4.02. The lowest BCUT2D eigenvalue weighted by atomic mass is 9.95. The van der Waals surface area contributed by atoms with E-state index in [1.807, 2.05) is 0 Å². The number of benzene rings is 1. The maximum Gasteiger partial charge on any atom is 0.323 e. The van der Waals surface area contributed by atoms with E-state index >= 15 is 0 Å². The molecule has 2 N–H and O–H groups in total. The van der Waals surface area contributed by atoms with E-state index in [0.717, 1.165) is 0 Å². The number of likely N-dealkylation sites (N-methyl/N-ethyl adjacent to an activating group) is 1. The lowest BCUT2D eigenvalue weighted by molar-refractivity contribution is -0.384. The van der Waals surface area contributed by atoms with Crippen LogP contribution < -0.4 is 10.1 Å². The van der Waals surface area contributed by atoms with E-state index in [9.17, 15) is 20.0 Å². The molecule has 0 aromatic heterocycles. The van der Waals surface area contributed by atoms with E-state index in [1.165, 1.54) is 18.2 Å². The molecule has 0 spiro atoms. The fraction of sp³-hybridized carbons (Fsp3) is 0.462. The van der Waals surface area contributed by atoms with E-state index < -0.39 is 22.5 Å². The normalized spacial score (nSPS) is 15.0. The molecule has 116 valence electrons. The van der Waals surface area contributed by atoms with Gasteiger partial charge in [-0.15, -0.1) is 0 Å². The first kappa shape index (κ1) is 17.2. The number of hydrogen-bond acceptors (Lipinski definition) is 5. The predicted octanol–water partition coefficient (Wildman–Crippen LogP) is 2.47. The van der Waals surface area contributed by atoms with Crippen LogP contribution >= 0.6 is 11.6 Å². The largest absolute Gasteiger partial charge is 0.491 e. The van der Waals surface area contributed by atoms with Crippen LogP contribution in [0, 0.1) is 10.1 Å². The average molecular weight is 317 g/mol. The van der Waals surface area contributed by atoms with Crippen molar-refractivity contribution in [1.29, 1.82) is 0 Å². The summed E-state index contributed by atoms with van der Waals surface area (Å²) in [6.45, 7) is 3.27. The highest BCUT2D eigenvalue weighted by Gasteiger charge is 2.33. The summed E-state index contributed by atoms with van der Waals surface area (Å²) in [4.78, 5) is 21.3. The number of aliphatic carboxylic acids is 1. The minimum absolute atomic E-state index is 0.0284. The van der Waals surface area contributed by atoms with E-state index in [-0.39, 0.29) is 17.1 Å². The predicted molar refractivity (Wildman–Crippen MR) is 77.9 cm³/mol. The SMILES string of the molecule is CNC(C)(CC(C)Oc1ccc([N+](=O)[O-])c(Cl)c1)C(=O)O. The van der Waals surface area contributed by atoms with Crippen molar-refractivity contribution >= 4 is 23.3 Å². The first-order chi connectivity index (χ1) is 9.69. The zero-order chi connectivity index (χ0) is 16.2. The van der Waals surface area contributed by atoms with Crippen LogP contribution in [0.15, 0.2) is 18.2 Å². The number of rotatable bonds is 7. The molecule has 1 aromatic carbocycles. The van der Waals surface area contributed by atoms with Gasteiger partial charge < -0.3 is 15.2 Å². The third-order valence-electron chi connectivity index (χ3n) is 3.17. The van der Waals surface area contributed by atoms with Crippen molar-refractivity contribution in [3.8, 4) is 5.75 Å². The molecular formula is C13H17ClN2O5. The molecule has 1 aromatic rings. The Morgan fingerprint density at radius 3 is 2.67 bits per heavy atom. The van der Waals surface area contributed by atoms with E-state index in [0.29, 0.717) is 5.75 Å². The fourth-order valence-corrected chi connectivity index (χ4v) is 2.09. The smallest absolute Gasteiger partial charge is 0.323 e. The number of nitro benzene ring substituents is 1. The molecule has 21 heavy (non-hydrogen) atoms. The first-order valence-electron chi connectivity index (χ1n) is 6.22. The summed E-state index contributed by atoms with van der Waals surface area (Å²) in [5.41, 5.74) is -1.33. The summed E-state index contributed by atoms with van der Waals surface area (Å²) in [6.07, 6.45) is -0.205. The molecule has 0 amide bonds. The summed E-state index contributed by atoms with van der Waals surface area (Å²) >= 11 is 5.79. The molecule has 0 saturated heterocycles. The van der Waals surface area contributed by atoms with Gasteiger partial charge in [-0.1, -0.05) is 11.6 Å². The van der Waals surface area contributed by atoms with Crippen LogP contribution in [0.2, 0.25) is 5.02 Å². The molecule has 0 aliphatic rings. The number of ether oxygens (including phenoxy) is 1. The van der Waals surface area contributed by atoms with Crippen LogP contribution in [0.1, 0.15) is 20.3 Å². The Morgan fingerprint density at radius 2 is 2.24 bits per heavy atom. The minimum Gasteiger partial charge on any atom is -0.491 e. The summed E-state index contributed by atoms with van der Waals surface area (Å²) in [5.74, 6) is -0.635. The number of carboxylic acid groups (broad SMARTS) is 1. The molecule has 7 nitrogen and oxygen atoms in total. The molecule has 1 rings (SSSR count). The summed E-state index contributed by atoms with van der Waals surface area (Å²) in [7, 11) is 1.56. The van der Waals surface area contributed by atoms with Gasteiger partial charge in [0.1, 0.15) is 16.3 Å². The number of hydrogen-bond donors (Lipinski definition) is 2. The van der Waals surface area contributed by atoms with Crippen LogP contribution in [0.25, 0.3) is 0 Å². The maximum atomic E-state index is 11.2. The third kappa shape index (κ3) is 4.30. The van der Waals surface area contributed by atoms with Crippen molar-refractivity contribution in [2.24, 2.45) is 0 Å². The summed E-state index contributed by atoms with van der Waals surface area (Å²) < 4.78 is 5.57. The molecular weight excluding hydrogens is 300 g/mol. The molecule has 0 saturated carbocycles. The second-order valence-electron chi connectivity index (χ2n) is 4.89. The zero-order valence-electron chi connectivity index (χ0n) is 11.9. The molecule has 2 atom stereocenters. The van der Waals surface area contributed by atoms with Gasteiger partial charge in [-0.2, -0.15) is 0 Å². The van der Waals surface area contributed by atoms with Crippen LogP contribution in [0.4, 0.5) is 5.69 Å². The van der Waals surface area contributed by atoms with Crippen molar-refractivity contribution in [2.45, 2.75) is 31.9 Å². The molecule has 2 unspecified atom stereocenters. The lowest BCUT2D eigenvalue weighted by Crippen LogP contribution is -2.50. The Kier molecular flexibility index (Phi) is 5.51. The van der Waals surface area contributed by atoms with Gasteiger partial charge in [0.2, 0.25) is 0 Å². The highest BCUT2D eigenvalue weighted by molar-refractivity contribution is 6.32. The van der Waals surface area contributed by atoms with Crippen molar-refractivity contribution in [1.82, 2.24) is 5.32 Å². The topological polar surface area (TPSA) is 102 Å². The molecule has 8 heteroatoms. The van der Waals surface area contributed by atoms with Gasteiger partial charge >= 0.3 is 5.97 Å². The van der Waals surface area contributed by atoms with Crippen molar-refractivity contribution < 1.29 is 19.6 Å². The van der Waals surface area contributed by atoms with E-state index in [4.69, 9.17) is 16.3 Å². The van der Waals surface area contributed by atoms with Crippen molar-refractivity contribution in [3.63, 3.8) is 0 Å². The second kappa shape index (κ2) is 6.73. The first-order valence-corrected chi connectivity index (χ1v) is 6.60. The van der Waals surface area contributed by atoms with Gasteiger partial charge in [-0.3, -0.25) is 14.9 Å². The standard InChI is InChI=1S/C13H17ClN2O5/c1-8(7-13(2,15-3)12(17)18)21-9-4-5-11(16(19)20)10(14)6-9/h4-6,8,15H,7H2,1-3H3,(H,17,18). The van der Waals surface area contributed by atoms with E-state index in [1.54, 1.807) is 20.9 Å². The lowest BCUT2D eigenvalue weighted by Gasteiger charge is -2.27. The van der Waals surface area contributed by atoms with Gasteiger partial charge in [-0.25, -0.2) is 0 Å². The Balaban J connectivity index is 2.80. The van der Waals surface area contributed by atoms with Gasteiger partial charge in [0.25, 0.3) is 5.69 Å². The Morgan fingerprint density at radius 1 is 1.62 bits per heavy atom. The number of nitro groups is 1. The highest BCUT2D eigenvalue weighted by Crippen LogP contribution is 2.29. The van der Waals surface area contributed by atoms with Gasteiger partial charge in [0, 0.05) is 18.6 Å². The number of nitrogens with zero attached hydrogens (tertiary/aromatic N) is 1. The van der Waals surface area contributed by atoms with Crippen LogP contribution in [-0.2, 0) is 4.79 Å². The van der Waals surface area contributed by atoms with Gasteiger partial charge in [0.15, 0.2) is 0 Å². The quantitative estimate of drug-likeness (QED) is 0.592. The molecule has 0 heterocycles. The van der Waals surface area contributed by atoms with Crippen molar-refractivity contribution in [2.75, 3.05) is 7.05 Å². The van der Waals surface area contributed by atoms with Crippen LogP contribution in [-0.4, -0.2) is 34.7 Å². The molecule has 0 radical (unpaired) electrons. The number of carboxylic acids is 1. The van der Waals surface area contributed by atoms with Crippen LogP contribution in [0.5, 0.6) is 5.75 Å². The van der Waals surface area contributed by atoms with Crippen molar-refractivity contribution in [3.05, 3.63) is 33.3 Å². The fourth-order valence-electron chi connectivity index (χ4n) is 1.85. The Labute approximate surface area is 127 Å². The minimum atomic E-state index is -1.12. The second-order valence-corrected chi connectivity index (χ2v) is 5.30. The molecule has 0 bridgehead atoms. The zero-order valence-corrected chi connectivity index (χ0v) is 12.7. The number of carbonyl (C=O) groups is 1. The molecule has 0 fully saturated rings.